The summed E-state index contributed by atoms with van der Waals surface area (Å²) in [5.74, 6) is 0.000987. The molecule has 2 aliphatic rings. The third-order valence-corrected chi connectivity index (χ3v) is 6.24. The van der Waals surface area contributed by atoms with Crippen LogP contribution in [-0.2, 0) is 17.6 Å². The van der Waals surface area contributed by atoms with Crippen LogP contribution in [0.25, 0.3) is 0 Å². The normalized spacial score (nSPS) is 14.8. The molecule has 0 spiro atoms. The second-order valence-corrected chi connectivity index (χ2v) is 8.32. The molecule has 3 N–H and O–H groups in total. The second kappa shape index (κ2) is 8.74. The van der Waals surface area contributed by atoms with Crippen molar-refractivity contribution in [1.29, 1.82) is 0 Å². The van der Waals surface area contributed by atoms with Crippen molar-refractivity contribution in [3.63, 3.8) is 0 Å². The van der Waals surface area contributed by atoms with Crippen molar-refractivity contribution < 1.29 is 23.9 Å². The number of thiophene rings is 1. The maximum absolute atomic E-state index is 12.9. The highest BCUT2D eigenvalue weighted by Gasteiger charge is 2.26. The molecule has 2 aromatic rings. The molecule has 4 rings (SSSR count). The zero-order valence-electron chi connectivity index (χ0n) is 16.6. The van der Waals surface area contributed by atoms with Crippen molar-refractivity contribution in [2.45, 2.75) is 39.0 Å². The molecule has 30 heavy (non-hydrogen) atoms. The molecule has 158 valence electrons. The summed E-state index contributed by atoms with van der Waals surface area (Å²) < 4.78 is 11.1. The Labute approximate surface area is 177 Å². The molecule has 1 aliphatic heterocycles. The summed E-state index contributed by atoms with van der Waals surface area (Å²) in [6.07, 6.45) is 4.79. The van der Waals surface area contributed by atoms with E-state index in [-0.39, 0.29) is 11.8 Å². The summed E-state index contributed by atoms with van der Waals surface area (Å²) in [6.45, 7) is 2.23. The van der Waals surface area contributed by atoms with Gasteiger partial charge in [0.1, 0.15) is 18.2 Å². The van der Waals surface area contributed by atoms with Crippen molar-refractivity contribution in [2.24, 2.45) is 0 Å². The Kier molecular flexibility index (Phi) is 5.89. The maximum atomic E-state index is 12.9. The Balaban J connectivity index is 1.62. The summed E-state index contributed by atoms with van der Waals surface area (Å²) in [7, 11) is 0. The lowest BCUT2D eigenvalue weighted by Gasteiger charge is -2.18. The van der Waals surface area contributed by atoms with E-state index in [1.807, 2.05) is 0 Å². The van der Waals surface area contributed by atoms with Crippen LogP contribution in [0, 0.1) is 0 Å². The number of aryl methyl sites for hydroxylation is 1. The third kappa shape index (κ3) is 4.25. The van der Waals surface area contributed by atoms with Gasteiger partial charge in [0.25, 0.3) is 11.8 Å². The van der Waals surface area contributed by atoms with Crippen molar-refractivity contribution >= 4 is 34.1 Å². The third-order valence-electron chi connectivity index (χ3n) is 5.03. The van der Waals surface area contributed by atoms with Crippen LogP contribution in [0.1, 0.15) is 57.3 Å². The number of fused-ring (bicyclic) bond motifs is 2. The number of amides is 3. The van der Waals surface area contributed by atoms with Gasteiger partial charge in [0, 0.05) is 17.4 Å². The van der Waals surface area contributed by atoms with Crippen LogP contribution in [-0.4, -0.2) is 30.9 Å². The highest BCUT2D eigenvalue weighted by Crippen LogP contribution is 2.38. The fourth-order valence-corrected chi connectivity index (χ4v) is 4.92. The molecule has 8 nitrogen and oxygen atoms in total. The molecule has 0 unspecified atom stereocenters. The molecule has 9 heteroatoms. The molecular weight excluding hydrogens is 406 g/mol. The van der Waals surface area contributed by atoms with E-state index in [9.17, 15) is 14.4 Å². The molecule has 0 atom stereocenters. The first-order valence-corrected chi connectivity index (χ1v) is 10.8. The van der Waals surface area contributed by atoms with Gasteiger partial charge in [-0.3, -0.25) is 25.2 Å². The average Bonchev–Trinajstić information content (AvgIpc) is 2.91. The quantitative estimate of drug-likeness (QED) is 0.514. The number of carbonyl (C=O) groups is 3. The number of anilines is 1. The Morgan fingerprint density at radius 3 is 2.50 bits per heavy atom. The molecule has 0 radical (unpaired) electrons. The van der Waals surface area contributed by atoms with Crippen molar-refractivity contribution in [3.05, 3.63) is 39.8 Å². The Morgan fingerprint density at radius 1 is 0.933 bits per heavy atom. The van der Waals surface area contributed by atoms with Gasteiger partial charge in [-0.25, -0.2) is 0 Å². The molecule has 1 aliphatic carbocycles. The number of benzene rings is 1. The maximum Gasteiger partial charge on any atom is 0.272 e. The summed E-state index contributed by atoms with van der Waals surface area (Å²) >= 11 is 1.43. The second-order valence-electron chi connectivity index (χ2n) is 7.22. The highest BCUT2D eigenvalue weighted by molar-refractivity contribution is 7.17. The topological polar surface area (TPSA) is 106 Å². The van der Waals surface area contributed by atoms with E-state index < -0.39 is 5.91 Å². The molecule has 2 heterocycles. The van der Waals surface area contributed by atoms with Gasteiger partial charge >= 0.3 is 0 Å². The van der Waals surface area contributed by atoms with Crippen LogP contribution in [0.15, 0.2) is 18.2 Å². The molecule has 0 fully saturated rings. The van der Waals surface area contributed by atoms with Crippen LogP contribution < -0.4 is 25.6 Å². The molecule has 1 aromatic carbocycles. The predicted molar refractivity (Wildman–Crippen MR) is 112 cm³/mol. The number of hydrazine groups is 1. The van der Waals surface area contributed by atoms with E-state index in [0.29, 0.717) is 40.8 Å². The van der Waals surface area contributed by atoms with E-state index in [1.54, 1.807) is 18.2 Å². The van der Waals surface area contributed by atoms with Crippen LogP contribution in [0.4, 0.5) is 5.00 Å². The van der Waals surface area contributed by atoms with E-state index in [0.717, 1.165) is 42.5 Å². The minimum Gasteiger partial charge on any atom is -0.486 e. The van der Waals surface area contributed by atoms with Crippen molar-refractivity contribution in [2.75, 3.05) is 18.5 Å². The van der Waals surface area contributed by atoms with E-state index in [2.05, 4.69) is 16.2 Å². The van der Waals surface area contributed by atoms with Gasteiger partial charge in [-0.05, 0) is 49.4 Å². The number of nitrogens with one attached hydrogen (secondary N) is 3. The van der Waals surface area contributed by atoms with Gasteiger partial charge in [-0.1, -0.05) is 6.42 Å². The summed E-state index contributed by atoms with van der Waals surface area (Å²) in [6, 6.07) is 5.01. The summed E-state index contributed by atoms with van der Waals surface area (Å²) in [5.41, 5.74) is 6.55. The summed E-state index contributed by atoms with van der Waals surface area (Å²) in [5, 5.41) is 3.38. The fourth-order valence-electron chi connectivity index (χ4n) is 3.64. The zero-order chi connectivity index (χ0) is 21.1. The summed E-state index contributed by atoms with van der Waals surface area (Å²) in [4.78, 5) is 38.1. The predicted octanol–water partition coefficient (Wildman–Crippen LogP) is 2.82. The van der Waals surface area contributed by atoms with Crippen LogP contribution in [0.2, 0.25) is 0 Å². The van der Waals surface area contributed by atoms with Crippen LogP contribution >= 0.6 is 11.3 Å². The van der Waals surface area contributed by atoms with E-state index >= 15 is 0 Å². The minimum atomic E-state index is -0.429. The average molecular weight is 429 g/mol. The molecule has 0 bridgehead atoms. The molecule has 1 aromatic heterocycles. The lowest BCUT2D eigenvalue weighted by Crippen LogP contribution is -2.40. The van der Waals surface area contributed by atoms with Gasteiger partial charge in [-0.2, -0.15) is 0 Å². The number of carbonyl (C=O) groups excluding carboxylic acids is 3. The van der Waals surface area contributed by atoms with Gasteiger partial charge in [-0.15, -0.1) is 11.3 Å². The number of hydrogen-bond donors (Lipinski definition) is 3. The fraction of sp³-hybridized carbons (Fsp3) is 0.381. The number of ether oxygens (including phenoxy) is 2. The monoisotopic (exact) mass is 429 g/mol. The number of rotatable bonds is 3. The Bertz CT molecular complexity index is 1000. The zero-order valence-corrected chi connectivity index (χ0v) is 17.4. The van der Waals surface area contributed by atoms with Crippen LogP contribution in [0.5, 0.6) is 11.5 Å². The first kappa shape index (κ1) is 20.2. The van der Waals surface area contributed by atoms with Gasteiger partial charge in [0.15, 0.2) is 11.5 Å². The Hall–Kier alpha value is -3.07. The first-order chi connectivity index (χ1) is 14.5. The highest BCUT2D eigenvalue weighted by atomic mass is 32.1. The molecule has 0 saturated heterocycles. The smallest absolute Gasteiger partial charge is 0.272 e. The van der Waals surface area contributed by atoms with Gasteiger partial charge in [0.2, 0.25) is 5.91 Å². The largest absolute Gasteiger partial charge is 0.486 e. The standard InChI is InChI=1S/C21H23N3O5S/c1-12(25)23-24-20(27)18-14-5-3-2-4-6-17(14)30-21(18)22-19(26)13-7-8-15-16(11-13)29-10-9-28-15/h7-8,11H,2-6,9-10H2,1H3,(H,22,26)(H,23,25)(H,24,27). The molecule has 3 amide bonds. The number of hydrogen-bond acceptors (Lipinski definition) is 6. The van der Waals surface area contributed by atoms with E-state index in [1.165, 1.54) is 18.3 Å². The molecular formula is C21H23N3O5S. The van der Waals surface area contributed by atoms with Crippen LogP contribution in [0.3, 0.4) is 0 Å². The van der Waals surface area contributed by atoms with Crippen molar-refractivity contribution in [1.82, 2.24) is 10.9 Å². The van der Waals surface area contributed by atoms with Gasteiger partial charge in [0.05, 0.1) is 5.56 Å². The first-order valence-electron chi connectivity index (χ1n) is 9.95. The van der Waals surface area contributed by atoms with Crippen molar-refractivity contribution in [3.8, 4) is 11.5 Å². The van der Waals surface area contributed by atoms with Gasteiger partial charge < -0.3 is 14.8 Å². The lowest BCUT2D eigenvalue weighted by atomic mass is 10.0. The molecule has 0 saturated carbocycles. The minimum absolute atomic E-state index is 0.336. The SMILES string of the molecule is CC(=O)NNC(=O)c1c(NC(=O)c2ccc3c(c2)OCCO3)sc2c1CCCCC2. The van der Waals surface area contributed by atoms with E-state index in [4.69, 9.17) is 9.47 Å². The lowest BCUT2D eigenvalue weighted by molar-refractivity contribution is -0.119. The Morgan fingerprint density at radius 2 is 1.70 bits per heavy atom.